The molecule has 0 aromatic rings. The van der Waals surface area contributed by atoms with Crippen LogP contribution in [0.1, 0.15) is 13.8 Å². The number of carboxylic acids is 1. The Morgan fingerprint density at radius 2 is 1.88 bits per heavy atom. The Morgan fingerprint density at radius 1 is 1.25 bits per heavy atom. The van der Waals surface area contributed by atoms with Crippen LogP contribution in [0.4, 0.5) is 0 Å². The molecule has 6 heteroatoms. The molecule has 92 valence electrons. The molecular formula is C10H16O6. The molecule has 0 rings (SSSR count). The van der Waals surface area contributed by atoms with Crippen LogP contribution in [0.2, 0.25) is 0 Å². The van der Waals surface area contributed by atoms with Crippen molar-refractivity contribution in [3.05, 3.63) is 12.2 Å². The molecule has 0 heterocycles. The maximum absolute atomic E-state index is 10.9. The molecular weight excluding hydrogens is 216 g/mol. The van der Waals surface area contributed by atoms with E-state index in [9.17, 15) is 9.59 Å². The molecule has 0 aliphatic heterocycles. The number of carboxylic acid groups (broad SMARTS) is 1. The Kier molecular flexibility index (Phi) is 7.15. The smallest absolute Gasteiger partial charge is 0.331 e. The van der Waals surface area contributed by atoms with Crippen LogP contribution in [0.3, 0.4) is 0 Å². The highest BCUT2D eigenvalue weighted by Crippen LogP contribution is 1.95. The summed E-state index contributed by atoms with van der Waals surface area (Å²) in [5, 5.41) is 17.2. The summed E-state index contributed by atoms with van der Waals surface area (Å²) in [4.78, 5) is 21.0. The topological polar surface area (TPSA) is 93.1 Å². The van der Waals surface area contributed by atoms with Crippen LogP contribution in [-0.2, 0) is 19.1 Å². The quantitative estimate of drug-likeness (QED) is 0.472. The van der Waals surface area contributed by atoms with E-state index in [-0.39, 0.29) is 19.3 Å². The molecule has 0 fully saturated rings. The van der Waals surface area contributed by atoms with Crippen molar-refractivity contribution in [2.24, 2.45) is 0 Å². The normalized spacial score (nSPS) is 14.7. The molecule has 6 nitrogen and oxygen atoms in total. The van der Waals surface area contributed by atoms with E-state index in [1.807, 2.05) is 0 Å². The van der Waals surface area contributed by atoms with Gasteiger partial charge in [-0.1, -0.05) is 0 Å². The second-order valence-electron chi connectivity index (χ2n) is 3.29. The van der Waals surface area contributed by atoms with Gasteiger partial charge in [0.2, 0.25) is 0 Å². The highest BCUT2D eigenvalue weighted by Gasteiger charge is 2.07. The molecule has 0 spiro atoms. The van der Waals surface area contributed by atoms with E-state index in [2.05, 4.69) is 0 Å². The maximum atomic E-state index is 10.9. The molecule has 0 aromatic heterocycles. The molecule has 0 bridgehead atoms. The van der Waals surface area contributed by atoms with Crippen molar-refractivity contribution in [2.45, 2.75) is 26.1 Å². The predicted molar refractivity (Wildman–Crippen MR) is 54.8 cm³/mol. The van der Waals surface area contributed by atoms with E-state index in [4.69, 9.17) is 19.7 Å². The van der Waals surface area contributed by atoms with Gasteiger partial charge >= 0.3 is 11.9 Å². The first-order valence-electron chi connectivity index (χ1n) is 4.79. The van der Waals surface area contributed by atoms with E-state index in [0.717, 1.165) is 6.08 Å². The summed E-state index contributed by atoms with van der Waals surface area (Å²) in [6.45, 7) is 3.42. The third kappa shape index (κ3) is 9.17. The van der Waals surface area contributed by atoms with Gasteiger partial charge in [-0.25, -0.2) is 9.59 Å². The Labute approximate surface area is 93.5 Å². The van der Waals surface area contributed by atoms with E-state index in [1.165, 1.54) is 0 Å². The second-order valence-corrected chi connectivity index (χ2v) is 3.29. The number of hydrogen-bond acceptors (Lipinski definition) is 5. The largest absolute Gasteiger partial charge is 0.478 e. The maximum Gasteiger partial charge on any atom is 0.331 e. The summed E-state index contributed by atoms with van der Waals surface area (Å²) < 4.78 is 9.80. The van der Waals surface area contributed by atoms with Gasteiger partial charge in [-0.05, 0) is 13.8 Å². The Bertz CT molecular complexity index is 258. The van der Waals surface area contributed by atoms with E-state index in [0.29, 0.717) is 6.08 Å². The average Bonchev–Trinajstić information content (AvgIpc) is 2.20. The summed E-state index contributed by atoms with van der Waals surface area (Å²) in [5.41, 5.74) is 0. The number of aliphatic carboxylic acids is 1. The molecule has 2 N–H and O–H groups in total. The third-order valence-electron chi connectivity index (χ3n) is 1.44. The van der Waals surface area contributed by atoms with Gasteiger partial charge in [-0.2, -0.15) is 0 Å². The summed E-state index contributed by atoms with van der Waals surface area (Å²) >= 11 is 0. The van der Waals surface area contributed by atoms with Crippen molar-refractivity contribution in [2.75, 3.05) is 13.2 Å². The molecule has 2 atom stereocenters. The third-order valence-corrected chi connectivity index (χ3v) is 1.44. The van der Waals surface area contributed by atoms with Crippen molar-refractivity contribution < 1.29 is 29.3 Å². The highest BCUT2D eigenvalue weighted by atomic mass is 16.6. The van der Waals surface area contributed by atoms with Gasteiger partial charge in [0.1, 0.15) is 6.61 Å². The summed E-state index contributed by atoms with van der Waals surface area (Å²) in [6, 6.07) is 0. The van der Waals surface area contributed by atoms with Crippen LogP contribution in [0.5, 0.6) is 0 Å². The summed E-state index contributed by atoms with van der Waals surface area (Å²) in [5.74, 6) is -1.95. The zero-order valence-electron chi connectivity index (χ0n) is 9.25. The monoisotopic (exact) mass is 232 g/mol. The molecule has 0 aliphatic rings. The number of hydrogen-bond donors (Lipinski definition) is 2. The minimum Gasteiger partial charge on any atom is -0.478 e. The molecule has 0 aromatic carbocycles. The van der Waals surface area contributed by atoms with Crippen molar-refractivity contribution in [3.8, 4) is 0 Å². The van der Waals surface area contributed by atoms with Gasteiger partial charge in [0.05, 0.1) is 18.8 Å². The van der Waals surface area contributed by atoms with Gasteiger partial charge in [0, 0.05) is 12.2 Å². The SMILES string of the molecule is CC(O)COC(C)COC(=O)/C=C\C(=O)O. The number of esters is 1. The van der Waals surface area contributed by atoms with Gasteiger partial charge in [-0.3, -0.25) is 0 Å². The van der Waals surface area contributed by atoms with Crippen LogP contribution in [0.15, 0.2) is 12.2 Å². The first-order valence-corrected chi connectivity index (χ1v) is 4.79. The average molecular weight is 232 g/mol. The lowest BCUT2D eigenvalue weighted by atomic mass is 10.4. The van der Waals surface area contributed by atoms with Crippen molar-refractivity contribution in [1.29, 1.82) is 0 Å². The number of aliphatic hydroxyl groups excluding tert-OH is 1. The van der Waals surface area contributed by atoms with Crippen LogP contribution in [0.25, 0.3) is 0 Å². The fourth-order valence-electron chi connectivity index (χ4n) is 0.739. The predicted octanol–water partition coefficient (Wildman–Crippen LogP) is -0.0437. The molecule has 0 radical (unpaired) electrons. The molecule has 16 heavy (non-hydrogen) atoms. The first kappa shape index (κ1) is 14.6. The van der Waals surface area contributed by atoms with Crippen molar-refractivity contribution >= 4 is 11.9 Å². The van der Waals surface area contributed by atoms with Gasteiger partial charge < -0.3 is 19.7 Å². The standard InChI is InChI=1S/C10H16O6/c1-7(11)5-15-8(2)6-16-10(14)4-3-9(12)13/h3-4,7-8,11H,5-6H2,1-2H3,(H,12,13)/b4-3-. The van der Waals surface area contributed by atoms with Gasteiger partial charge in [0.25, 0.3) is 0 Å². The lowest BCUT2D eigenvalue weighted by molar-refractivity contribution is -0.142. The summed E-state index contributed by atoms with van der Waals surface area (Å²) in [7, 11) is 0. The number of ether oxygens (including phenoxy) is 2. The lowest BCUT2D eigenvalue weighted by Gasteiger charge is -2.13. The Balaban J connectivity index is 3.70. The lowest BCUT2D eigenvalue weighted by Crippen LogP contribution is -2.22. The van der Waals surface area contributed by atoms with Crippen molar-refractivity contribution in [1.82, 2.24) is 0 Å². The zero-order valence-corrected chi connectivity index (χ0v) is 9.25. The highest BCUT2D eigenvalue weighted by molar-refractivity contribution is 5.90. The number of rotatable bonds is 7. The number of carbonyl (C=O) groups is 2. The summed E-state index contributed by atoms with van der Waals surface area (Å²) in [6.07, 6.45) is 0.592. The fraction of sp³-hybridized carbons (Fsp3) is 0.600. The van der Waals surface area contributed by atoms with Crippen molar-refractivity contribution in [3.63, 3.8) is 0 Å². The van der Waals surface area contributed by atoms with Crippen LogP contribution < -0.4 is 0 Å². The first-order chi connectivity index (χ1) is 7.41. The molecule has 0 aliphatic carbocycles. The van der Waals surface area contributed by atoms with Gasteiger partial charge in [-0.15, -0.1) is 0 Å². The Hall–Kier alpha value is -1.40. The number of aliphatic hydroxyl groups is 1. The minimum atomic E-state index is -1.21. The zero-order chi connectivity index (χ0) is 12.6. The molecule has 0 saturated carbocycles. The van der Waals surface area contributed by atoms with Gasteiger partial charge in [0.15, 0.2) is 0 Å². The molecule has 0 amide bonds. The second kappa shape index (κ2) is 7.84. The van der Waals surface area contributed by atoms with Crippen LogP contribution in [0, 0.1) is 0 Å². The number of carbonyl (C=O) groups excluding carboxylic acids is 1. The van der Waals surface area contributed by atoms with Crippen LogP contribution in [-0.4, -0.2) is 47.6 Å². The molecule has 0 saturated heterocycles. The van der Waals surface area contributed by atoms with Crippen LogP contribution >= 0.6 is 0 Å². The van der Waals surface area contributed by atoms with E-state index < -0.39 is 18.0 Å². The van der Waals surface area contributed by atoms with E-state index in [1.54, 1.807) is 13.8 Å². The minimum absolute atomic E-state index is 0.00944. The van der Waals surface area contributed by atoms with E-state index >= 15 is 0 Å². The molecule has 2 unspecified atom stereocenters. The fourth-order valence-corrected chi connectivity index (χ4v) is 0.739. The Morgan fingerprint density at radius 3 is 2.38 bits per heavy atom.